The number of anilines is 1. The highest BCUT2D eigenvalue weighted by Gasteiger charge is 2.16. The van der Waals surface area contributed by atoms with Gasteiger partial charge in [-0.25, -0.2) is 4.79 Å². The van der Waals surface area contributed by atoms with Gasteiger partial charge in [0.2, 0.25) is 0 Å². The van der Waals surface area contributed by atoms with Crippen LogP contribution in [0.3, 0.4) is 0 Å². The van der Waals surface area contributed by atoms with Gasteiger partial charge in [-0.3, -0.25) is 14.9 Å². The molecule has 0 unspecified atom stereocenters. The number of methoxy groups -OCH3 is 1. The summed E-state index contributed by atoms with van der Waals surface area (Å²) in [5, 5.41) is 13.4. The van der Waals surface area contributed by atoms with Gasteiger partial charge in [-0.1, -0.05) is 18.2 Å². The van der Waals surface area contributed by atoms with Gasteiger partial charge in [-0.15, -0.1) is 0 Å². The number of hydrogen-bond acceptors (Lipinski definition) is 6. The summed E-state index contributed by atoms with van der Waals surface area (Å²) in [5.41, 5.74) is 0.814. The molecule has 25 heavy (non-hydrogen) atoms. The smallest absolute Gasteiger partial charge is 0.342 e. The van der Waals surface area contributed by atoms with Gasteiger partial charge in [0.25, 0.3) is 11.6 Å². The van der Waals surface area contributed by atoms with Gasteiger partial charge in [0.1, 0.15) is 11.3 Å². The van der Waals surface area contributed by atoms with Crippen molar-refractivity contribution in [2.75, 3.05) is 19.0 Å². The molecule has 0 saturated carbocycles. The maximum absolute atomic E-state index is 12.0. The first kappa shape index (κ1) is 17.9. The molecule has 0 fully saturated rings. The molecule has 0 saturated heterocycles. The van der Waals surface area contributed by atoms with E-state index in [4.69, 9.17) is 9.47 Å². The summed E-state index contributed by atoms with van der Waals surface area (Å²) in [4.78, 5) is 34.2. The topological polar surface area (TPSA) is 108 Å². The fourth-order valence-electron chi connectivity index (χ4n) is 2.10. The van der Waals surface area contributed by atoms with E-state index in [1.165, 1.54) is 31.4 Å². The van der Waals surface area contributed by atoms with E-state index in [2.05, 4.69) is 5.32 Å². The molecule has 8 nitrogen and oxygen atoms in total. The third-order valence-electron chi connectivity index (χ3n) is 3.35. The van der Waals surface area contributed by atoms with Crippen molar-refractivity contribution in [1.29, 1.82) is 0 Å². The molecule has 0 aliphatic rings. The molecular weight excluding hydrogens is 328 g/mol. The molecule has 2 aromatic carbocycles. The minimum atomic E-state index is -0.706. The lowest BCUT2D eigenvalue weighted by molar-refractivity contribution is -0.385. The molecule has 2 aromatic rings. The molecule has 0 spiro atoms. The van der Waals surface area contributed by atoms with Crippen molar-refractivity contribution in [3.8, 4) is 5.75 Å². The molecular formula is C17H16N2O6. The second-order valence-corrected chi connectivity index (χ2v) is 5.08. The van der Waals surface area contributed by atoms with Crippen molar-refractivity contribution in [3.05, 3.63) is 63.7 Å². The summed E-state index contributed by atoms with van der Waals surface area (Å²) in [6.07, 6.45) is 0. The van der Waals surface area contributed by atoms with Crippen LogP contribution in [0.15, 0.2) is 42.5 Å². The maximum Gasteiger partial charge on any atom is 0.342 e. The Morgan fingerprint density at radius 3 is 2.60 bits per heavy atom. The summed E-state index contributed by atoms with van der Waals surface area (Å²) >= 11 is 0. The van der Waals surface area contributed by atoms with Crippen molar-refractivity contribution in [3.63, 3.8) is 0 Å². The first-order chi connectivity index (χ1) is 11.9. The second-order valence-electron chi connectivity index (χ2n) is 5.08. The van der Waals surface area contributed by atoms with Crippen molar-refractivity contribution >= 4 is 23.3 Å². The lowest BCUT2D eigenvalue weighted by atomic mass is 10.2. The van der Waals surface area contributed by atoms with Crippen LogP contribution in [0.2, 0.25) is 0 Å². The van der Waals surface area contributed by atoms with E-state index in [-0.39, 0.29) is 16.9 Å². The minimum absolute atomic E-state index is 0.108. The van der Waals surface area contributed by atoms with Crippen LogP contribution in [0.5, 0.6) is 5.75 Å². The van der Waals surface area contributed by atoms with E-state index in [0.717, 1.165) is 0 Å². The number of nitro groups is 1. The van der Waals surface area contributed by atoms with Gasteiger partial charge in [-0.2, -0.15) is 0 Å². The third kappa shape index (κ3) is 4.54. The average molecular weight is 344 g/mol. The molecule has 8 heteroatoms. The van der Waals surface area contributed by atoms with E-state index in [0.29, 0.717) is 11.3 Å². The first-order valence-electron chi connectivity index (χ1n) is 7.27. The number of aryl methyl sites for hydroxylation is 1. The van der Waals surface area contributed by atoms with Gasteiger partial charge < -0.3 is 14.8 Å². The Kier molecular flexibility index (Phi) is 5.67. The van der Waals surface area contributed by atoms with Gasteiger partial charge in [0.15, 0.2) is 6.61 Å². The number of hydrogen-bond donors (Lipinski definition) is 1. The lowest BCUT2D eigenvalue weighted by Crippen LogP contribution is -2.21. The quantitative estimate of drug-likeness (QED) is 0.490. The summed E-state index contributed by atoms with van der Waals surface area (Å²) in [5.74, 6) is -0.981. The number of amides is 1. The molecule has 1 N–H and O–H groups in total. The molecule has 130 valence electrons. The molecule has 1 amide bonds. The largest absolute Gasteiger partial charge is 0.496 e. The van der Waals surface area contributed by atoms with Crippen LogP contribution in [0.4, 0.5) is 11.4 Å². The Morgan fingerprint density at radius 1 is 1.20 bits per heavy atom. The molecule has 0 aromatic heterocycles. The first-order valence-corrected chi connectivity index (χ1v) is 7.27. The molecule has 0 atom stereocenters. The number of nitrogens with one attached hydrogen (secondary N) is 1. The van der Waals surface area contributed by atoms with Crippen molar-refractivity contribution in [2.24, 2.45) is 0 Å². The Morgan fingerprint density at radius 2 is 1.92 bits per heavy atom. The fourth-order valence-corrected chi connectivity index (χ4v) is 2.10. The highest BCUT2D eigenvalue weighted by atomic mass is 16.6. The number of carbonyl (C=O) groups excluding carboxylic acids is 2. The zero-order chi connectivity index (χ0) is 18.4. The van der Waals surface area contributed by atoms with E-state index in [1.807, 2.05) is 0 Å². The van der Waals surface area contributed by atoms with Crippen molar-refractivity contribution in [1.82, 2.24) is 0 Å². The zero-order valence-corrected chi connectivity index (χ0v) is 13.6. The Balaban J connectivity index is 1.98. The van der Waals surface area contributed by atoms with Crippen molar-refractivity contribution < 1.29 is 24.0 Å². The Hall–Kier alpha value is -3.42. The summed E-state index contributed by atoms with van der Waals surface area (Å²) in [6.45, 7) is 1.07. The van der Waals surface area contributed by atoms with E-state index < -0.39 is 23.4 Å². The van der Waals surface area contributed by atoms with Crippen LogP contribution < -0.4 is 10.1 Å². The zero-order valence-electron chi connectivity index (χ0n) is 13.6. The standard InChI is InChI=1S/C17H16N2O6/c1-11-7-8-12(9-14(11)19(22)23)18-16(20)10-25-17(21)13-5-3-4-6-15(13)24-2/h3-9H,10H2,1-2H3,(H,18,20). The van der Waals surface area contributed by atoms with Gasteiger partial charge in [0, 0.05) is 17.3 Å². The lowest BCUT2D eigenvalue weighted by Gasteiger charge is -2.09. The monoisotopic (exact) mass is 344 g/mol. The number of nitrogens with zero attached hydrogens (tertiary/aromatic N) is 1. The molecule has 0 bridgehead atoms. The highest BCUT2D eigenvalue weighted by Crippen LogP contribution is 2.22. The summed E-state index contributed by atoms with van der Waals surface area (Å²) in [6, 6.07) is 10.8. The maximum atomic E-state index is 12.0. The fraction of sp³-hybridized carbons (Fsp3) is 0.176. The summed E-state index contributed by atoms with van der Waals surface area (Å²) < 4.78 is 9.99. The number of benzene rings is 2. The van der Waals surface area contributed by atoms with Gasteiger partial charge >= 0.3 is 5.97 Å². The van der Waals surface area contributed by atoms with E-state index in [1.54, 1.807) is 25.1 Å². The number of carbonyl (C=O) groups is 2. The van der Waals surface area contributed by atoms with Gasteiger partial charge in [0.05, 0.1) is 12.0 Å². The van der Waals surface area contributed by atoms with Crippen molar-refractivity contribution in [2.45, 2.75) is 6.92 Å². The molecule has 0 heterocycles. The van der Waals surface area contributed by atoms with Crippen LogP contribution in [-0.4, -0.2) is 30.5 Å². The molecule has 0 aliphatic carbocycles. The van der Waals surface area contributed by atoms with Crippen LogP contribution in [0.1, 0.15) is 15.9 Å². The van der Waals surface area contributed by atoms with Gasteiger partial charge in [-0.05, 0) is 25.1 Å². The SMILES string of the molecule is COc1ccccc1C(=O)OCC(=O)Nc1ccc(C)c([N+](=O)[O-])c1. The minimum Gasteiger partial charge on any atom is -0.496 e. The predicted molar refractivity (Wildman–Crippen MR) is 89.7 cm³/mol. The van der Waals surface area contributed by atoms with Crippen LogP contribution >= 0.6 is 0 Å². The predicted octanol–water partition coefficient (Wildman–Crippen LogP) is 2.71. The van der Waals surface area contributed by atoms with Crippen LogP contribution in [0.25, 0.3) is 0 Å². The Bertz CT molecular complexity index is 819. The van der Waals surface area contributed by atoms with E-state index >= 15 is 0 Å². The second kappa shape index (κ2) is 7.91. The number of nitro benzene ring substituents is 1. The molecule has 0 aliphatic heterocycles. The Labute approximate surface area is 143 Å². The normalized spacial score (nSPS) is 10.0. The average Bonchev–Trinajstić information content (AvgIpc) is 2.61. The van der Waals surface area contributed by atoms with Crippen LogP contribution in [-0.2, 0) is 9.53 Å². The highest BCUT2D eigenvalue weighted by molar-refractivity contribution is 5.96. The van der Waals surface area contributed by atoms with E-state index in [9.17, 15) is 19.7 Å². The molecule has 0 radical (unpaired) electrons. The van der Waals surface area contributed by atoms with Crippen LogP contribution in [0, 0.1) is 17.0 Å². The number of rotatable bonds is 6. The number of esters is 1. The summed E-state index contributed by atoms with van der Waals surface area (Å²) in [7, 11) is 1.42. The molecule has 2 rings (SSSR count). The third-order valence-corrected chi connectivity index (χ3v) is 3.35. The number of ether oxygens (including phenoxy) is 2. The number of para-hydroxylation sites is 1.